The van der Waals surface area contributed by atoms with Gasteiger partial charge in [-0.3, -0.25) is 4.79 Å². The second-order valence-electron chi connectivity index (χ2n) is 6.84. The summed E-state index contributed by atoms with van der Waals surface area (Å²) in [6, 6.07) is 5.22. The van der Waals surface area contributed by atoms with Crippen LogP contribution in [-0.2, 0) is 11.3 Å². The van der Waals surface area contributed by atoms with Crippen molar-refractivity contribution in [1.82, 2.24) is 10.2 Å². The monoisotopic (exact) mass is 347 g/mol. The van der Waals surface area contributed by atoms with E-state index in [-0.39, 0.29) is 25.3 Å². The van der Waals surface area contributed by atoms with Crippen LogP contribution in [0.25, 0.3) is 0 Å². The molecule has 25 heavy (non-hydrogen) atoms. The predicted molar refractivity (Wildman–Crippen MR) is 92.1 cm³/mol. The number of nitrogens with zero attached hydrogens (tertiary/aromatic N) is 1. The molecule has 1 aliphatic heterocycles. The molecule has 0 spiro atoms. The highest BCUT2D eigenvalue weighted by Gasteiger charge is 2.28. The summed E-state index contributed by atoms with van der Waals surface area (Å²) >= 11 is 0. The van der Waals surface area contributed by atoms with Gasteiger partial charge in [-0.2, -0.15) is 0 Å². The van der Waals surface area contributed by atoms with E-state index in [0.717, 1.165) is 37.0 Å². The summed E-state index contributed by atoms with van der Waals surface area (Å²) in [4.78, 5) is 25.5. The lowest BCUT2D eigenvalue weighted by Crippen LogP contribution is -2.47. The van der Waals surface area contributed by atoms with Gasteiger partial charge < -0.3 is 25.4 Å². The van der Waals surface area contributed by atoms with Crippen molar-refractivity contribution < 1.29 is 19.1 Å². The van der Waals surface area contributed by atoms with Crippen molar-refractivity contribution in [3.8, 4) is 11.5 Å². The first-order chi connectivity index (χ1) is 12.0. The number of hydrogen-bond donors (Lipinski definition) is 2. The van der Waals surface area contributed by atoms with E-state index in [0.29, 0.717) is 18.2 Å². The maximum Gasteiger partial charge on any atom is 0.312 e. The van der Waals surface area contributed by atoms with Crippen molar-refractivity contribution in [2.24, 2.45) is 11.7 Å². The van der Waals surface area contributed by atoms with Gasteiger partial charge >= 0.3 is 6.03 Å². The fraction of sp³-hybridized carbons (Fsp3) is 0.556. The normalized spacial score (nSPS) is 21.6. The predicted octanol–water partition coefficient (Wildman–Crippen LogP) is 1.99. The summed E-state index contributed by atoms with van der Waals surface area (Å²) in [5, 5.41) is 2.40. The third-order valence-electron chi connectivity index (χ3n) is 4.95. The van der Waals surface area contributed by atoms with Gasteiger partial charge in [0.05, 0.1) is 6.54 Å². The Morgan fingerprint density at radius 1 is 1.20 bits per heavy atom. The first-order valence-electron chi connectivity index (χ1n) is 8.74. The Morgan fingerprint density at radius 2 is 1.92 bits per heavy atom. The molecule has 1 fully saturated rings. The Bertz CT molecular complexity index is 641. The smallest absolute Gasteiger partial charge is 0.312 e. The molecular weight excluding hydrogens is 322 g/mol. The SMILES string of the molecule is CC1CCC(N(Cc2ccc3c(c2)OCO3)C(=O)CNC(N)=O)CC1. The lowest BCUT2D eigenvalue weighted by molar-refractivity contribution is -0.134. The molecule has 7 nitrogen and oxygen atoms in total. The number of fused-ring (bicyclic) bond motifs is 1. The number of rotatable bonds is 5. The zero-order valence-corrected chi connectivity index (χ0v) is 14.5. The molecule has 0 aromatic heterocycles. The van der Waals surface area contributed by atoms with Crippen molar-refractivity contribution in [1.29, 1.82) is 0 Å². The molecule has 0 unspecified atom stereocenters. The third-order valence-corrected chi connectivity index (χ3v) is 4.95. The topological polar surface area (TPSA) is 93.9 Å². The van der Waals surface area contributed by atoms with Crippen LogP contribution in [-0.4, -0.2) is 36.2 Å². The largest absolute Gasteiger partial charge is 0.454 e. The summed E-state index contributed by atoms with van der Waals surface area (Å²) in [6.45, 7) is 2.88. The molecule has 0 saturated heterocycles. The molecule has 1 saturated carbocycles. The van der Waals surface area contributed by atoms with Gasteiger partial charge in [0, 0.05) is 12.6 Å². The average Bonchev–Trinajstić information content (AvgIpc) is 3.06. The second kappa shape index (κ2) is 7.63. The molecule has 1 aromatic carbocycles. The minimum Gasteiger partial charge on any atom is -0.454 e. The van der Waals surface area contributed by atoms with E-state index >= 15 is 0 Å². The van der Waals surface area contributed by atoms with Crippen LogP contribution >= 0.6 is 0 Å². The Morgan fingerprint density at radius 3 is 2.64 bits per heavy atom. The Hall–Kier alpha value is -2.44. The highest BCUT2D eigenvalue weighted by molar-refractivity contribution is 5.83. The molecule has 3 N–H and O–H groups in total. The van der Waals surface area contributed by atoms with Crippen LogP contribution in [0.1, 0.15) is 38.2 Å². The first kappa shape index (κ1) is 17.4. The number of amides is 3. The molecule has 1 aliphatic carbocycles. The van der Waals surface area contributed by atoms with Gasteiger partial charge in [-0.25, -0.2) is 4.79 Å². The van der Waals surface area contributed by atoms with Crippen LogP contribution < -0.4 is 20.5 Å². The van der Waals surface area contributed by atoms with Crippen molar-refractivity contribution >= 4 is 11.9 Å². The molecule has 0 atom stereocenters. The van der Waals surface area contributed by atoms with E-state index in [1.807, 2.05) is 23.1 Å². The maximum atomic E-state index is 12.7. The fourth-order valence-electron chi connectivity index (χ4n) is 3.48. The Balaban J connectivity index is 1.73. The van der Waals surface area contributed by atoms with Gasteiger partial charge in [-0.15, -0.1) is 0 Å². The van der Waals surface area contributed by atoms with Crippen molar-refractivity contribution in [2.45, 2.75) is 45.2 Å². The Kier molecular flexibility index (Phi) is 5.31. The van der Waals surface area contributed by atoms with Crippen LogP contribution in [0, 0.1) is 5.92 Å². The number of carbonyl (C=O) groups is 2. The molecule has 2 aliphatic rings. The van der Waals surface area contributed by atoms with Gasteiger partial charge in [0.1, 0.15) is 0 Å². The van der Waals surface area contributed by atoms with E-state index in [1.165, 1.54) is 0 Å². The first-order valence-corrected chi connectivity index (χ1v) is 8.74. The van der Waals surface area contributed by atoms with Gasteiger partial charge in [0.15, 0.2) is 11.5 Å². The fourth-order valence-corrected chi connectivity index (χ4v) is 3.48. The summed E-state index contributed by atoms with van der Waals surface area (Å²) in [5.41, 5.74) is 6.08. The highest BCUT2D eigenvalue weighted by Crippen LogP contribution is 2.34. The number of hydrogen-bond acceptors (Lipinski definition) is 4. The number of nitrogens with two attached hydrogens (primary N) is 1. The van der Waals surface area contributed by atoms with Crippen LogP contribution in [0.15, 0.2) is 18.2 Å². The lowest BCUT2D eigenvalue weighted by Gasteiger charge is -2.36. The van der Waals surface area contributed by atoms with Crippen LogP contribution in [0.2, 0.25) is 0 Å². The van der Waals surface area contributed by atoms with E-state index in [4.69, 9.17) is 15.2 Å². The molecule has 7 heteroatoms. The third kappa shape index (κ3) is 4.35. The molecule has 3 rings (SSSR count). The van der Waals surface area contributed by atoms with Crippen LogP contribution in [0.4, 0.5) is 4.79 Å². The number of nitrogens with one attached hydrogen (secondary N) is 1. The number of benzene rings is 1. The molecule has 136 valence electrons. The second-order valence-corrected chi connectivity index (χ2v) is 6.84. The Labute approximate surface area is 147 Å². The van der Waals surface area contributed by atoms with Crippen molar-refractivity contribution in [3.05, 3.63) is 23.8 Å². The standard InChI is InChI=1S/C18H25N3O4/c1-12-2-5-14(6-3-12)21(17(22)9-20-18(19)23)10-13-4-7-15-16(8-13)25-11-24-15/h4,7-8,12,14H,2-3,5-6,9-11H2,1H3,(H3,19,20,23). The molecule has 0 radical (unpaired) electrons. The molecule has 1 aromatic rings. The van der Waals surface area contributed by atoms with E-state index in [1.54, 1.807) is 0 Å². The minimum absolute atomic E-state index is 0.0774. The molecule has 1 heterocycles. The van der Waals surface area contributed by atoms with E-state index < -0.39 is 6.03 Å². The number of urea groups is 1. The van der Waals surface area contributed by atoms with Gasteiger partial charge in [0.2, 0.25) is 12.7 Å². The molecular formula is C18H25N3O4. The lowest BCUT2D eigenvalue weighted by atomic mass is 9.86. The van der Waals surface area contributed by atoms with Gasteiger partial charge in [-0.1, -0.05) is 13.0 Å². The van der Waals surface area contributed by atoms with Gasteiger partial charge in [0.25, 0.3) is 0 Å². The minimum atomic E-state index is -0.686. The average molecular weight is 347 g/mol. The summed E-state index contributed by atoms with van der Waals surface area (Å²) in [6.07, 6.45) is 4.18. The van der Waals surface area contributed by atoms with E-state index in [2.05, 4.69) is 12.2 Å². The highest BCUT2D eigenvalue weighted by atomic mass is 16.7. The zero-order valence-electron chi connectivity index (χ0n) is 14.5. The van der Waals surface area contributed by atoms with Crippen molar-refractivity contribution in [3.63, 3.8) is 0 Å². The van der Waals surface area contributed by atoms with Gasteiger partial charge in [-0.05, 0) is 49.3 Å². The number of carbonyl (C=O) groups excluding carboxylic acids is 2. The molecule has 0 bridgehead atoms. The number of ether oxygens (including phenoxy) is 2. The molecule has 3 amide bonds. The summed E-state index contributed by atoms with van der Waals surface area (Å²) in [5.74, 6) is 2.01. The van der Waals surface area contributed by atoms with Crippen LogP contribution in [0.3, 0.4) is 0 Å². The summed E-state index contributed by atoms with van der Waals surface area (Å²) in [7, 11) is 0. The van der Waals surface area contributed by atoms with Crippen molar-refractivity contribution in [2.75, 3.05) is 13.3 Å². The zero-order chi connectivity index (χ0) is 17.8. The number of primary amides is 1. The maximum absolute atomic E-state index is 12.7. The van der Waals surface area contributed by atoms with E-state index in [9.17, 15) is 9.59 Å². The van der Waals surface area contributed by atoms with Crippen LogP contribution in [0.5, 0.6) is 11.5 Å². The summed E-state index contributed by atoms with van der Waals surface area (Å²) < 4.78 is 10.8. The quantitative estimate of drug-likeness (QED) is 0.852.